The Kier molecular flexibility index (Phi) is 2.68. The van der Waals surface area contributed by atoms with Crippen molar-refractivity contribution in [2.75, 3.05) is 11.5 Å². The molecule has 2 aromatic rings. The first-order valence-electron chi connectivity index (χ1n) is 5.47. The molecule has 0 amide bonds. The van der Waals surface area contributed by atoms with Crippen molar-refractivity contribution in [3.8, 4) is 0 Å². The lowest BCUT2D eigenvalue weighted by molar-refractivity contribution is 0.550. The highest BCUT2D eigenvalue weighted by molar-refractivity contribution is 7.91. The first kappa shape index (κ1) is 11.2. The molecule has 17 heavy (non-hydrogen) atoms. The normalized spacial score (nSPS) is 23.4. The van der Waals surface area contributed by atoms with E-state index in [0.717, 1.165) is 10.7 Å². The standard InChI is InChI=1S/C10H13N3O2S2/c14-17(15)4-1-8(7-17)11-5-9-6-13-2-3-16-10(13)12-9/h2-3,6,8,11H,1,4-5,7H2. The maximum Gasteiger partial charge on any atom is 0.193 e. The predicted octanol–water partition coefficient (Wildman–Crippen LogP) is 0.672. The molecule has 0 aromatic carbocycles. The second-order valence-electron chi connectivity index (χ2n) is 4.31. The topological polar surface area (TPSA) is 63.5 Å². The van der Waals surface area contributed by atoms with Gasteiger partial charge < -0.3 is 5.32 Å². The fourth-order valence-electron chi connectivity index (χ4n) is 2.07. The fourth-order valence-corrected chi connectivity index (χ4v) is 4.49. The van der Waals surface area contributed by atoms with Crippen LogP contribution in [0.3, 0.4) is 0 Å². The molecule has 3 heterocycles. The van der Waals surface area contributed by atoms with Crippen LogP contribution in [0, 0.1) is 0 Å². The van der Waals surface area contributed by atoms with Gasteiger partial charge in [0.05, 0.1) is 17.2 Å². The van der Waals surface area contributed by atoms with E-state index < -0.39 is 9.84 Å². The van der Waals surface area contributed by atoms with Crippen LogP contribution >= 0.6 is 11.3 Å². The summed E-state index contributed by atoms with van der Waals surface area (Å²) in [6, 6.07) is 0.0831. The monoisotopic (exact) mass is 271 g/mol. The van der Waals surface area contributed by atoms with Crippen molar-refractivity contribution in [2.45, 2.75) is 19.0 Å². The minimum atomic E-state index is -2.80. The molecule has 2 aromatic heterocycles. The average Bonchev–Trinajstić information content (AvgIpc) is 2.88. The molecule has 5 nitrogen and oxygen atoms in total. The maximum atomic E-state index is 11.3. The maximum absolute atomic E-state index is 11.3. The van der Waals surface area contributed by atoms with E-state index in [2.05, 4.69) is 10.3 Å². The highest BCUT2D eigenvalue weighted by Crippen LogP contribution is 2.14. The van der Waals surface area contributed by atoms with Crippen LogP contribution in [0.15, 0.2) is 17.8 Å². The summed E-state index contributed by atoms with van der Waals surface area (Å²) in [5.41, 5.74) is 0.959. The Morgan fingerprint density at radius 2 is 2.47 bits per heavy atom. The highest BCUT2D eigenvalue weighted by Gasteiger charge is 2.27. The van der Waals surface area contributed by atoms with Crippen LogP contribution in [0.5, 0.6) is 0 Å². The molecule has 1 aliphatic heterocycles. The van der Waals surface area contributed by atoms with Crippen molar-refractivity contribution < 1.29 is 8.42 Å². The van der Waals surface area contributed by atoms with Crippen LogP contribution < -0.4 is 5.32 Å². The number of nitrogens with one attached hydrogen (secondary N) is 1. The van der Waals surface area contributed by atoms with Crippen LogP contribution in [0.25, 0.3) is 4.96 Å². The molecule has 1 aliphatic rings. The average molecular weight is 271 g/mol. The van der Waals surface area contributed by atoms with Crippen molar-refractivity contribution >= 4 is 26.1 Å². The number of fused-ring (bicyclic) bond motifs is 1. The minimum Gasteiger partial charge on any atom is -0.307 e. The lowest BCUT2D eigenvalue weighted by Crippen LogP contribution is -2.29. The van der Waals surface area contributed by atoms with E-state index in [1.54, 1.807) is 11.3 Å². The van der Waals surface area contributed by atoms with E-state index >= 15 is 0 Å². The molecule has 0 aliphatic carbocycles. The summed E-state index contributed by atoms with van der Waals surface area (Å²) >= 11 is 1.59. The van der Waals surface area contributed by atoms with Crippen LogP contribution in [-0.4, -0.2) is 35.4 Å². The summed E-state index contributed by atoms with van der Waals surface area (Å²) in [7, 11) is -2.80. The van der Waals surface area contributed by atoms with Gasteiger partial charge >= 0.3 is 0 Å². The number of aromatic nitrogens is 2. The molecule has 0 radical (unpaired) electrons. The molecular weight excluding hydrogens is 258 g/mol. The zero-order valence-electron chi connectivity index (χ0n) is 9.17. The largest absolute Gasteiger partial charge is 0.307 e. The number of thiazole rings is 1. The molecule has 0 spiro atoms. The van der Waals surface area contributed by atoms with Gasteiger partial charge in [0.15, 0.2) is 14.8 Å². The second-order valence-corrected chi connectivity index (χ2v) is 7.41. The van der Waals surface area contributed by atoms with Gasteiger partial charge in [-0.25, -0.2) is 13.4 Å². The smallest absolute Gasteiger partial charge is 0.193 e. The van der Waals surface area contributed by atoms with Crippen molar-refractivity contribution in [1.82, 2.24) is 14.7 Å². The first-order chi connectivity index (χ1) is 8.12. The number of hydrogen-bond acceptors (Lipinski definition) is 5. The zero-order valence-corrected chi connectivity index (χ0v) is 10.8. The quantitative estimate of drug-likeness (QED) is 0.891. The molecule has 7 heteroatoms. The first-order valence-corrected chi connectivity index (χ1v) is 8.17. The third-order valence-corrected chi connectivity index (χ3v) is 5.49. The van der Waals surface area contributed by atoms with Crippen molar-refractivity contribution in [1.29, 1.82) is 0 Å². The lowest BCUT2D eigenvalue weighted by Gasteiger charge is -2.08. The second kappa shape index (κ2) is 4.08. The summed E-state index contributed by atoms with van der Waals surface area (Å²) in [4.78, 5) is 5.41. The SMILES string of the molecule is O=S1(=O)CCC(NCc2cn3ccsc3n2)C1. The van der Waals surface area contributed by atoms with Crippen molar-refractivity contribution in [2.24, 2.45) is 0 Å². The fraction of sp³-hybridized carbons (Fsp3) is 0.500. The predicted molar refractivity (Wildman–Crippen MR) is 67.0 cm³/mol. The Bertz CT molecular complexity index is 600. The van der Waals surface area contributed by atoms with E-state index in [9.17, 15) is 8.42 Å². The van der Waals surface area contributed by atoms with Gasteiger partial charge in [-0.05, 0) is 6.42 Å². The molecule has 0 saturated carbocycles. The molecule has 0 bridgehead atoms. The Labute approximate surface area is 103 Å². The zero-order chi connectivity index (χ0) is 11.9. The van der Waals surface area contributed by atoms with Gasteiger partial charge in [0.25, 0.3) is 0 Å². The van der Waals surface area contributed by atoms with Crippen LogP contribution in [0.4, 0.5) is 0 Å². The Morgan fingerprint density at radius 1 is 1.59 bits per heavy atom. The summed E-state index contributed by atoms with van der Waals surface area (Å²) in [6.45, 7) is 0.634. The van der Waals surface area contributed by atoms with Gasteiger partial charge in [-0.15, -0.1) is 11.3 Å². The lowest BCUT2D eigenvalue weighted by atomic mass is 10.2. The van der Waals surface area contributed by atoms with E-state index in [-0.39, 0.29) is 11.8 Å². The Morgan fingerprint density at radius 3 is 3.18 bits per heavy atom. The molecule has 1 saturated heterocycles. The summed E-state index contributed by atoms with van der Waals surface area (Å²) in [5, 5.41) is 5.24. The van der Waals surface area contributed by atoms with Gasteiger partial charge in [-0.2, -0.15) is 0 Å². The van der Waals surface area contributed by atoms with E-state index in [1.807, 2.05) is 22.2 Å². The third-order valence-electron chi connectivity index (χ3n) is 2.95. The van der Waals surface area contributed by atoms with Gasteiger partial charge in [-0.1, -0.05) is 0 Å². The summed E-state index contributed by atoms with van der Waals surface area (Å²) in [5.74, 6) is 0.568. The number of sulfone groups is 1. The number of nitrogens with zero attached hydrogens (tertiary/aromatic N) is 2. The molecule has 1 N–H and O–H groups in total. The van der Waals surface area contributed by atoms with E-state index in [0.29, 0.717) is 18.7 Å². The molecule has 1 fully saturated rings. The Balaban J connectivity index is 1.63. The van der Waals surface area contributed by atoms with Crippen LogP contribution in [0.2, 0.25) is 0 Å². The van der Waals surface area contributed by atoms with E-state index in [1.165, 1.54) is 0 Å². The molecular formula is C10H13N3O2S2. The Hall–Kier alpha value is -0.920. The van der Waals surface area contributed by atoms with Crippen LogP contribution in [-0.2, 0) is 16.4 Å². The summed E-state index contributed by atoms with van der Waals surface area (Å²) < 4.78 is 24.6. The van der Waals surface area contributed by atoms with Crippen molar-refractivity contribution in [3.63, 3.8) is 0 Å². The minimum absolute atomic E-state index is 0.0831. The third kappa shape index (κ3) is 2.36. The van der Waals surface area contributed by atoms with Gasteiger partial charge in [0.1, 0.15) is 0 Å². The van der Waals surface area contributed by atoms with Crippen LogP contribution in [0.1, 0.15) is 12.1 Å². The molecule has 3 rings (SSSR count). The van der Waals surface area contributed by atoms with Gasteiger partial charge in [0, 0.05) is 30.4 Å². The van der Waals surface area contributed by atoms with Gasteiger partial charge in [0.2, 0.25) is 0 Å². The van der Waals surface area contributed by atoms with Crippen molar-refractivity contribution in [3.05, 3.63) is 23.5 Å². The molecule has 92 valence electrons. The molecule has 1 atom stereocenters. The van der Waals surface area contributed by atoms with E-state index in [4.69, 9.17) is 0 Å². The highest BCUT2D eigenvalue weighted by atomic mass is 32.2. The number of imidazole rings is 1. The number of hydrogen-bond donors (Lipinski definition) is 1. The molecule has 1 unspecified atom stereocenters. The number of rotatable bonds is 3. The summed E-state index contributed by atoms with van der Waals surface area (Å²) in [6.07, 6.45) is 4.66. The van der Waals surface area contributed by atoms with Gasteiger partial charge in [-0.3, -0.25) is 4.40 Å².